The van der Waals surface area contributed by atoms with Crippen LogP contribution in [0.4, 0.5) is 10.6 Å². The van der Waals surface area contributed by atoms with E-state index in [0.29, 0.717) is 12.2 Å². The summed E-state index contributed by atoms with van der Waals surface area (Å²) in [4.78, 5) is 33.1. The molecule has 1 aliphatic rings. The third kappa shape index (κ3) is 5.11. The van der Waals surface area contributed by atoms with Gasteiger partial charge in [-0.05, 0) is 40.0 Å². The first-order chi connectivity index (χ1) is 13.2. The molecule has 2 atom stereocenters. The quantitative estimate of drug-likeness (QED) is 0.694. The monoisotopic (exact) mass is 388 g/mol. The second-order valence-electron chi connectivity index (χ2n) is 8.23. The number of hydrogen-bond donors (Lipinski definition) is 3. The number of ether oxygens (including phenoxy) is 1. The van der Waals surface area contributed by atoms with Crippen LogP contribution in [0.2, 0.25) is 0 Å². The number of nitrogens with one attached hydrogen (secondary N) is 3. The molecule has 0 unspecified atom stereocenters. The zero-order valence-electron chi connectivity index (χ0n) is 16.8. The van der Waals surface area contributed by atoms with E-state index < -0.39 is 11.7 Å². The van der Waals surface area contributed by atoms with Crippen LogP contribution in [0.5, 0.6) is 0 Å². The van der Waals surface area contributed by atoms with Gasteiger partial charge in [0.1, 0.15) is 11.4 Å². The lowest BCUT2D eigenvalue weighted by Gasteiger charge is -2.30. The maximum absolute atomic E-state index is 12.5. The Morgan fingerprint density at radius 2 is 2.04 bits per heavy atom. The van der Waals surface area contributed by atoms with Gasteiger partial charge in [-0.1, -0.05) is 6.42 Å². The molecule has 152 valence electrons. The van der Waals surface area contributed by atoms with Crippen LogP contribution >= 0.6 is 0 Å². The number of carbonyl (C=O) groups is 2. The molecule has 2 aromatic rings. The van der Waals surface area contributed by atoms with Crippen molar-refractivity contribution in [3.8, 4) is 0 Å². The summed E-state index contributed by atoms with van der Waals surface area (Å²) in [5, 5.41) is 2.87. The molecule has 2 aromatic heterocycles. The standard InChI is InChI=1S/C19H28N6O3/c1-19(2,3)28-18(27)22-13-7-5-6-12(8-13)17(26)24-23-16-9-14-15(10-20-16)25(4)11-21-14/h9-13H,5-8H2,1-4H3,(H,20,23)(H,22,27)(H,24,26)/t12-,13+/m0/s1. The maximum Gasteiger partial charge on any atom is 0.407 e. The van der Waals surface area contributed by atoms with E-state index in [1.807, 2.05) is 32.4 Å². The van der Waals surface area contributed by atoms with Crippen molar-refractivity contribution in [1.82, 2.24) is 25.3 Å². The molecule has 0 radical (unpaired) electrons. The summed E-state index contributed by atoms with van der Waals surface area (Å²) in [7, 11) is 1.90. The second kappa shape index (κ2) is 8.04. The van der Waals surface area contributed by atoms with Crippen molar-refractivity contribution in [2.75, 3.05) is 5.43 Å². The Bertz CT molecular complexity index is 857. The van der Waals surface area contributed by atoms with Crippen LogP contribution in [-0.4, -0.2) is 38.2 Å². The molecule has 1 fully saturated rings. The van der Waals surface area contributed by atoms with E-state index in [-0.39, 0.29) is 17.9 Å². The van der Waals surface area contributed by atoms with E-state index in [9.17, 15) is 9.59 Å². The van der Waals surface area contributed by atoms with Crippen LogP contribution in [-0.2, 0) is 16.6 Å². The number of imidazole rings is 1. The van der Waals surface area contributed by atoms with Gasteiger partial charge in [-0.25, -0.2) is 14.8 Å². The molecule has 1 aliphatic carbocycles. The molecule has 0 bridgehead atoms. The van der Waals surface area contributed by atoms with Crippen LogP contribution in [0, 0.1) is 5.92 Å². The van der Waals surface area contributed by atoms with Crippen LogP contribution in [0.3, 0.4) is 0 Å². The highest BCUT2D eigenvalue weighted by Gasteiger charge is 2.29. The molecule has 28 heavy (non-hydrogen) atoms. The highest BCUT2D eigenvalue weighted by molar-refractivity contribution is 5.81. The third-order valence-corrected chi connectivity index (χ3v) is 4.69. The molecular weight excluding hydrogens is 360 g/mol. The van der Waals surface area contributed by atoms with Gasteiger partial charge >= 0.3 is 6.09 Å². The molecule has 2 amide bonds. The molecule has 9 heteroatoms. The van der Waals surface area contributed by atoms with E-state index in [0.717, 1.165) is 30.3 Å². The fourth-order valence-corrected chi connectivity index (χ4v) is 3.35. The molecule has 0 aromatic carbocycles. The summed E-state index contributed by atoms with van der Waals surface area (Å²) >= 11 is 0. The van der Waals surface area contributed by atoms with Gasteiger partial charge in [0.05, 0.1) is 23.6 Å². The first-order valence-electron chi connectivity index (χ1n) is 9.54. The number of amides is 2. The highest BCUT2D eigenvalue weighted by atomic mass is 16.6. The minimum atomic E-state index is -0.541. The Morgan fingerprint density at radius 1 is 1.25 bits per heavy atom. The number of anilines is 1. The van der Waals surface area contributed by atoms with E-state index >= 15 is 0 Å². The zero-order chi connectivity index (χ0) is 20.3. The van der Waals surface area contributed by atoms with Crippen molar-refractivity contribution in [2.24, 2.45) is 13.0 Å². The van der Waals surface area contributed by atoms with Crippen LogP contribution < -0.4 is 16.2 Å². The predicted octanol–water partition coefficient (Wildman–Crippen LogP) is 2.49. The number of hydrazine groups is 1. The SMILES string of the molecule is Cn1cnc2cc(NNC(=O)[C@H]3CCC[C@@H](NC(=O)OC(C)(C)C)C3)ncc21. The van der Waals surface area contributed by atoms with Crippen LogP contribution in [0.1, 0.15) is 46.5 Å². The molecule has 9 nitrogen and oxygen atoms in total. The summed E-state index contributed by atoms with van der Waals surface area (Å²) in [6.45, 7) is 5.48. The average molecular weight is 388 g/mol. The number of carbonyl (C=O) groups excluding carboxylic acids is 2. The average Bonchev–Trinajstić information content (AvgIpc) is 2.98. The molecule has 1 saturated carbocycles. The van der Waals surface area contributed by atoms with Gasteiger partial charge in [0, 0.05) is 25.1 Å². The summed E-state index contributed by atoms with van der Waals surface area (Å²) in [5.41, 5.74) is 6.76. The summed E-state index contributed by atoms with van der Waals surface area (Å²) in [5.74, 6) is 0.233. The minimum Gasteiger partial charge on any atom is -0.444 e. The lowest BCUT2D eigenvalue weighted by Crippen LogP contribution is -2.45. The third-order valence-electron chi connectivity index (χ3n) is 4.69. The number of aryl methyl sites for hydroxylation is 1. The number of hydrogen-bond acceptors (Lipinski definition) is 6. The van der Waals surface area contributed by atoms with Crippen molar-refractivity contribution in [3.05, 3.63) is 18.6 Å². The topological polar surface area (TPSA) is 110 Å². The van der Waals surface area contributed by atoms with E-state index in [4.69, 9.17) is 4.74 Å². The van der Waals surface area contributed by atoms with Gasteiger partial charge in [-0.15, -0.1) is 0 Å². The zero-order valence-corrected chi connectivity index (χ0v) is 16.8. The van der Waals surface area contributed by atoms with Gasteiger partial charge < -0.3 is 14.6 Å². The number of aromatic nitrogens is 3. The maximum atomic E-state index is 12.5. The fraction of sp³-hybridized carbons (Fsp3) is 0.579. The smallest absolute Gasteiger partial charge is 0.407 e. The Morgan fingerprint density at radius 3 is 2.79 bits per heavy atom. The van der Waals surface area contributed by atoms with Gasteiger partial charge in [-0.3, -0.25) is 15.6 Å². The fourth-order valence-electron chi connectivity index (χ4n) is 3.35. The van der Waals surface area contributed by atoms with E-state index in [1.54, 1.807) is 18.6 Å². The normalized spacial score (nSPS) is 19.9. The lowest BCUT2D eigenvalue weighted by molar-refractivity contribution is -0.125. The number of alkyl carbamates (subject to hydrolysis) is 1. The molecule has 0 spiro atoms. The van der Waals surface area contributed by atoms with Crippen LogP contribution in [0.25, 0.3) is 11.0 Å². The van der Waals surface area contributed by atoms with Crippen molar-refractivity contribution in [1.29, 1.82) is 0 Å². The van der Waals surface area contributed by atoms with Gasteiger partial charge in [0.2, 0.25) is 5.91 Å². The first kappa shape index (κ1) is 19.9. The molecule has 0 aliphatic heterocycles. The summed E-state index contributed by atoms with van der Waals surface area (Å²) in [6.07, 6.45) is 6.06. The summed E-state index contributed by atoms with van der Waals surface area (Å²) in [6, 6.07) is 1.71. The number of fused-ring (bicyclic) bond motifs is 1. The summed E-state index contributed by atoms with van der Waals surface area (Å²) < 4.78 is 7.18. The number of nitrogens with zero attached hydrogens (tertiary/aromatic N) is 3. The lowest BCUT2D eigenvalue weighted by atomic mass is 9.85. The first-order valence-corrected chi connectivity index (χ1v) is 9.54. The number of rotatable bonds is 4. The Labute approximate surface area is 164 Å². The molecule has 3 N–H and O–H groups in total. The number of pyridine rings is 1. The van der Waals surface area contributed by atoms with E-state index in [2.05, 4.69) is 26.1 Å². The Balaban J connectivity index is 1.51. The minimum absolute atomic E-state index is 0.0673. The van der Waals surface area contributed by atoms with Gasteiger partial charge in [0.25, 0.3) is 0 Å². The Hall–Kier alpha value is -2.84. The highest BCUT2D eigenvalue weighted by Crippen LogP contribution is 2.25. The van der Waals surface area contributed by atoms with E-state index in [1.165, 1.54) is 0 Å². The van der Waals surface area contributed by atoms with Gasteiger partial charge in [0.15, 0.2) is 0 Å². The molecule has 0 saturated heterocycles. The second-order valence-corrected chi connectivity index (χ2v) is 8.23. The molecular formula is C19H28N6O3. The van der Waals surface area contributed by atoms with Crippen molar-refractivity contribution in [3.63, 3.8) is 0 Å². The van der Waals surface area contributed by atoms with Crippen molar-refractivity contribution >= 4 is 28.9 Å². The predicted molar refractivity (Wildman–Crippen MR) is 105 cm³/mol. The Kier molecular flexibility index (Phi) is 5.71. The van der Waals surface area contributed by atoms with Crippen molar-refractivity contribution < 1.29 is 14.3 Å². The van der Waals surface area contributed by atoms with Crippen LogP contribution in [0.15, 0.2) is 18.6 Å². The van der Waals surface area contributed by atoms with Crippen molar-refractivity contribution in [2.45, 2.75) is 58.1 Å². The molecule has 3 rings (SSSR count). The molecule has 2 heterocycles. The largest absolute Gasteiger partial charge is 0.444 e. The van der Waals surface area contributed by atoms with Gasteiger partial charge in [-0.2, -0.15) is 0 Å².